The number of aromatic nitrogens is 4. The minimum absolute atomic E-state index is 0.0243. The minimum atomic E-state index is -0.618. The highest BCUT2D eigenvalue weighted by Gasteiger charge is 2.25. The van der Waals surface area contributed by atoms with E-state index in [0.717, 1.165) is 4.47 Å². The van der Waals surface area contributed by atoms with Crippen LogP contribution in [0.5, 0.6) is 11.6 Å². The molecule has 3 heterocycles. The van der Waals surface area contributed by atoms with E-state index in [9.17, 15) is 10.1 Å². The zero-order valence-corrected chi connectivity index (χ0v) is 13.5. The Bertz CT molecular complexity index is 860. The molecule has 0 amide bonds. The molecule has 3 aromatic rings. The number of hydrogen-bond acceptors (Lipinski definition) is 8. The molecule has 0 unspecified atom stereocenters. The van der Waals surface area contributed by atoms with Gasteiger partial charge in [-0.1, -0.05) is 0 Å². The lowest BCUT2D eigenvalue weighted by molar-refractivity contribution is -0.385. The molecule has 3 rings (SSSR count). The first kappa shape index (κ1) is 15.7. The first-order valence-corrected chi connectivity index (χ1v) is 7.38. The number of anilines is 2. The molecule has 0 fully saturated rings. The Morgan fingerprint density at radius 3 is 2.71 bits per heavy atom. The first-order chi connectivity index (χ1) is 11.6. The van der Waals surface area contributed by atoms with Crippen molar-refractivity contribution in [2.75, 3.05) is 5.32 Å². The van der Waals surface area contributed by atoms with Crippen LogP contribution in [0.25, 0.3) is 0 Å². The molecule has 0 aliphatic carbocycles. The monoisotopic (exact) mass is 388 g/mol. The molecule has 9 nitrogen and oxygen atoms in total. The van der Waals surface area contributed by atoms with Crippen LogP contribution in [0.2, 0.25) is 0 Å². The molecule has 0 bridgehead atoms. The Labute approximate surface area is 144 Å². The summed E-state index contributed by atoms with van der Waals surface area (Å²) >= 11 is 3.27. The van der Waals surface area contributed by atoms with Gasteiger partial charge in [-0.15, -0.1) is 0 Å². The quantitative estimate of drug-likeness (QED) is 0.521. The Kier molecular flexibility index (Phi) is 4.57. The lowest BCUT2D eigenvalue weighted by Crippen LogP contribution is -2.04. The summed E-state index contributed by atoms with van der Waals surface area (Å²) in [6.45, 7) is 0. The summed E-state index contributed by atoms with van der Waals surface area (Å²) in [6.07, 6.45) is 5.71. The van der Waals surface area contributed by atoms with Gasteiger partial charge >= 0.3 is 11.6 Å². The number of pyridine rings is 2. The third-order valence-corrected chi connectivity index (χ3v) is 3.26. The molecule has 0 spiro atoms. The van der Waals surface area contributed by atoms with Crippen molar-refractivity contribution >= 4 is 33.3 Å². The second kappa shape index (κ2) is 6.96. The Morgan fingerprint density at radius 1 is 1.17 bits per heavy atom. The Balaban J connectivity index is 1.96. The van der Waals surface area contributed by atoms with Crippen molar-refractivity contribution in [3.8, 4) is 11.6 Å². The third kappa shape index (κ3) is 3.60. The number of ether oxygens (including phenoxy) is 1. The van der Waals surface area contributed by atoms with Crippen LogP contribution < -0.4 is 10.1 Å². The van der Waals surface area contributed by atoms with Gasteiger partial charge in [0.2, 0.25) is 5.82 Å². The summed E-state index contributed by atoms with van der Waals surface area (Å²) in [7, 11) is 0. The predicted molar refractivity (Wildman–Crippen MR) is 88.2 cm³/mol. The van der Waals surface area contributed by atoms with Crippen LogP contribution in [-0.2, 0) is 0 Å². The van der Waals surface area contributed by atoms with Crippen molar-refractivity contribution in [1.29, 1.82) is 0 Å². The van der Waals surface area contributed by atoms with Gasteiger partial charge in [0.15, 0.2) is 0 Å². The van der Waals surface area contributed by atoms with Crippen molar-refractivity contribution in [2.45, 2.75) is 0 Å². The second-order valence-electron chi connectivity index (χ2n) is 4.41. The van der Waals surface area contributed by atoms with Gasteiger partial charge in [-0.25, -0.2) is 9.97 Å². The highest BCUT2D eigenvalue weighted by molar-refractivity contribution is 9.10. The van der Waals surface area contributed by atoms with Crippen LogP contribution in [0.4, 0.5) is 17.3 Å². The average Bonchev–Trinajstić information content (AvgIpc) is 2.58. The van der Waals surface area contributed by atoms with E-state index in [2.05, 4.69) is 41.2 Å². The molecule has 0 radical (unpaired) electrons. The molecule has 0 aliphatic rings. The Morgan fingerprint density at radius 2 is 2.04 bits per heavy atom. The van der Waals surface area contributed by atoms with Gasteiger partial charge in [-0.3, -0.25) is 15.1 Å². The lowest BCUT2D eigenvalue weighted by Gasteiger charge is -2.08. The van der Waals surface area contributed by atoms with Gasteiger partial charge in [-0.2, -0.15) is 4.98 Å². The van der Waals surface area contributed by atoms with E-state index in [0.29, 0.717) is 11.6 Å². The van der Waals surface area contributed by atoms with Gasteiger partial charge < -0.3 is 10.1 Å². The summed E-state index contributed by atoms with van der Waals surface area (Å²) in [5, 5.41) is 14.2. The molecule has 120 valence electrons. The number of hydrogen-bond donors (Lipinski definition) is 1. The van der Waals surface area contributed by atoms with Gasteiger partial charge in [-0.05, 0) is 40.2 Å². The summed E-state index contributed by atoms with van der Waals surface area (Å²) in [5.74, 6) is 0.505. The van der Waals surface area contributed by atoms with Crippen molar-refractivity contribution in [1.82, 2.24) is 19.9 Å². The first-order valence-electron chi connectivity index (χ1n) is 6.59. The maximum absolute atomic E-state index is 11.4. The molecule has 0 atom stereocenters. The summed E-state index contributed by atoms with van der Waals surface area (Å²) in [6, 6.07) is 6.66. The second-order valence-corrected chi connectivity index (χ2v) is 5.33. The van der Waals surface area contributed by atoms with E-state index in [1.807, 2.05) is 0 Å². The number of nitrogens with zero attached hydrogens (tertiary/aromatic N) is 5. The van der Waals surface area contributed by atoms with Gasteiger partial charge in [0.05, 0.1) is 11.1 Å². The minimum Gasteiger partial charge on any atom is -0.432 e. The van der Waals surface area contributed by atoms with E-state index < -0.39 is 10.6 Å². The Hall–Kier alpha value is -3.14. The van der Waals surface area contributed by atoms with E-state index in [4.69, 9.17) is 4.74 Å². The van der Waals surface area contributed by atoms with Gasteiger partial charge in [0.1, 0.15) is 17.9 Å². The number of nitrogens with one attached hydrogen (secondary N) is 1. The van der Waals surface area contributed by atoms with Crippen LogP contribution in [0.1, 0.15) is 0 Å². The van der Waals surface area contributed by atoms with Crippen molar-refractivity contribution in [3.63, 3.8) is 0 Å². The fourth-order valence-corrected chi connectivity index (χ4v) is 2.02. The number of nitro groups is 1. The van der Waals surface area contributed by atoms with Crippen LogP contribution >= 0.6 is 15.9 Å². The van der Waals surface area contributed by atoms with Gasteiger partial charge in [0.25, 0.3) is 0 Å². The van der Waals surface area contributed by atoms with Crippen molar-refractivity contribution in [2.24, 2.45) is 0 Å². The third-order valence-electron chi connectivity index (χ3n) is 2.79. The SMILES string of the molecule is O=[N+]([O-])c1c(Nc2ccc(Br)cn2)ncnc1Oc1cccnc1. The molecule has 0 saturated carbocycles. The molecule has 3 aromatic heterocycles. The van der Waals surface area contributed by atoms with E-state index in [1.165, 1.54) is 12.5 Å². The van der Waals surface area contributed by atoms with Crippen LogP contribution in [0.15, 0.2) is 53.7 Å². The maximum atomic E-state index is 11.4. The molecule has 0 saturated heterocycles. The normalized spacial score (nSPS) is 10.2. The maximum Gasteiger partial charge on any atom is 0.373 e. The smallest absolute Gasteiger partial charge is 0.373 e. The van der Waals surface area contributed by atoms with Crippen LogP contribution in [-0.4, -0.2) is 24.9 Å². The van der Waals surface area contributed by atoms with E-state index in [-0.39, 0.29) is 11.7 Å². The zero-order chi connectivity index (χ0) is 16.9. The largest absolute Gasteiger partial charge is 0.432 e. The standard InChI is InChI=1S/C14H9BrN6O3/c15-9-3-4-11(17-6-9)20-13-12(21(22)23)14(19-8-18-13)24-10-2-1-5-16-7-10/h1-8H,(H,17,18,19,20). The average molecular weight is 389 g/mol. The molecule has 24 heavy (non-hydrogen) atoms. The fourth-order valence-electron chi connectivity index (χ4n) is 1.78. The summed E-state index contributed by atoms with van der Waals surface area (Å²) < 4.78 is 6.23. The number of rotatable bonds is 5. The highest BCUT2D eigenvalue weighted by atomic mass is 79.9. The van der Waals surface area contributed by atoms with E-state index >= 15 is 0 Å². The fraction of sp³-hybridized carbons (Fsp3) is 0. The van der Waals surface area contributed by atoms with Crippen molar-refractivity contribution < 1.29 is 9.66 Å². The summed E-state index contributed by atoms with van der Waals surface area (Å²) in [5.41, 5.74) is -0.397. The lowest BCUT2D eigenvalue weighted by atomic mass is 10.4. The van der Waals surface area contributed by atoms with Crippen LogP contribution in [0.3, 0.4) is 0 Å². The molecular weight excluding hydrogens is 380 g/mol. The molecular formula is C14H9BrN6O3. The summed E-state index contributed by atoms with van der Waals surface area (Å²) in [4.78, 5) is 26.6. The molecule has 0 aliphatic heterocycles. The molecule has 0 aromatic carbocycles. The van der Waals surface area contributed by atoms with Gasteiger partial charge in [0, 0.05) is 16.9 Å². The topological polar surface area (TPSA) is 116 Å². The molecule has 10 heteroatoms. The predicted octanol–water partition coefficient (Wildman–Crippen LogP) is 3.47. The highest BCUT2D eigenvalue weighted by Crippen LogP contribution is 2.34. The van der Waals surface area contributed by atoms with Crippen LogP contribution in [0, 0.1) is 10.1 Å². The van der Waals surface area contributed by atoms with Crippen molar-refractivity contribution in [3.05, 3.63) is 63.8 Å². The number of halogens is 1. The van der Waals surface area contributed by atoms with E-state index in [1.54, 1.807) is 36.7 Å². The zero-order valence-electron chi connectivity index (χ0n) is 12.0. The molecule has 1 N–H and O–H groups in total.